The lowest BCUT2D eigenvalue weighted by Gasteiger charge is -2.52. The first-order valence-electron chi connectivity index (χ1n) is 9.34. The van der Waals surface area contributed by atoms with E-state index in [1.807, 2.05) is 0 Å². The summed E-state index contributed by atoms with van der Waals surface area (Å²) in [6.07, 6.45) is 0. The lowest BCUT2D eigenvalue weighted by Crippen LogP contribution is -2.77. The molecular formula is C9HN3O21P4. The second-order valence-electron chi connectivity index (χ2n) is 8.06. The maximum absolute atomic E-state index is 13.6. The van der Waals surface area contributed by atoms with Crippen LogP contribution in [0.1, 0.15) is 0 Å². The van der Waals surface area contributed by atoms with Crippen molar-refractivity contribution in [1.82, 2.24) is 9.55 Å². The number of hydrogen-bond acceptors (Lipinski definition) is 23. The van der Waals surface area contributed by atoms with E-state index in [0.717, 1.165) is 0 Å². The van der Waals surface area contributed by atoms with Crippen molar-refractivity contribution in [3.05, 3.63) is 10.5 Å². The second kappa shape index (κ2) is 5.22. The molecule has 14 heterocycles. The molecule has 1 aromatic rings. The van der Waals surface area contributed by atoms with Gasteiger partial charge >= 0.3 is 66.2 Å². The third-order valence-corrected chi connectivity index (χ3v) is 11.0. The van der Waals surface area contributed by atoms with Crippen molar-refractivity contribution in [2.75, 3.05) is 5.23 Å². The highest BCUT2D eigenvalue weighted by molar-refractivity contribution is 7.50. The van der Waals surface area contributed by atoms with Gasteiger partial charge < -0.3 is 14.2 Å². The van der Waals surface area contributed by atoms with Gasteiger partial charge in [-0.25, -0.2) is 50.2 Å². The van der Waals surface area contributed by atoms with Crippen LogP contribution in [0.4, 0.5) is 5.82 Å². The van der Waals surface area contributed by atoms with Gasteiger partial charge in [-0.3, -0.25) is 4.74 Å². The third kappa shape index (κ3) is 1.87. The molecule has 3 unspecified atom stereocenters. The van der Waals surface area contributed by atoms with Gasteiger partial charge in [-0.1, -0.05) is 5.23 Å². The van der Waals surface area contributed by atoms with Crippen LogP contribution < -0.4 is 20.0 Å². The molecule has 0 saturated carbocycles. The maximum atomic E-state index is 13.6. The summed E-state index contributed by atoms with van der Waals surface area (Å²) < 4.78 is 119. The van der Waals surface area contributed by atoms with Gasteiger partial charge in [0.1, 0.15) is 0 Å². The van der Waals surface area contributed by atoms with Crippen LogP contribution in [0.3, 0.4) is 0 Å². The van der Waals surface area contributed by atoms with Gasteiger partial charge in [0.05, 0.1) is 0 Å². The lowest BCUT2D eigenvalue weighted by atomic mass is 9.95. The second-order valence-corrected chi connectivity index (χ2v) is 13.7. The molecule has 13 aliphatic heterocycles. The van der Waals surface area contributed by atoms with Gasteiger partial charge in [0.2, 0.25) is 11.6 Å². The van der Waals surface area contributed by atoms with E-state index in [4.69, 9.17) is 64.6 Å². The first-order valence-corrected chi connectivity index (χ1v) is 15.2. The number of phosphoric ester groups is 3. The number of aliphatic hydroxyl groups is 1. The quantitative estimate of drug-likeness (QED) is 0.288. The van der Waals surface area contributed by atoms with E-state index < -0.39 is 83.7 Å². The van der Waals surface area contributed by atoms with E-state index in [2.05, 4.69) is 9.66 Å². The molecule has 0 aliphatic carbocycles. The lowest BCUT2D eigenvalue weighted by molar-refractivity contribution is -0.570. The molecule has 6 atom stereocenters. The molecule has 13 aliphatic rings. The van der Waals surface area contributed by atoms with Crippen molar-refractivity contribution < 1.29 is 92.7 Å². The highest BCUT2D eigenvalue weighted by Gasteiger charge is 3.08. The largest absolute Gasteiger partial charge is 0.617 e. The zero-order valence-electron chi connectivity index (χ0n) is 16.2. The van der Waals surface area contributed by atoms with Crippen LogP contribution in [0.2, 0.25) is 0 Å². The number of hydrogen-bond donors (Lipinski definition) is 1. The number of ether oxygens (including phenoxy) is 1. The van der Waals surface area contributed by atoms with E-state index in [-0.39, 0.29) is 9.79 Å². The molecule has 37 heavy (non-hydrogen) atoms. The fourth-order valence-electron chi connectivity index (χ4n) is 4.88. The Morgan fingerprint density at radius 3 is 2.22 bits per heavy atom. The van der Waals surface area contributed by atoms with E-state index in [9.17, 15) is 28.2 Å². The van der Waals surface area contributed by atoms with Crippen LogP contribution in [0, 0.1) is 0 Å². The molecule has 24 nitrogen and oxygen atoms in total. The van der Waals surface area contributed by atoms with Gasteiger partial charge in [-0.2, -0.15) is 19.3 Å². The predicted octanol–water partition coefficient (Wildman–Crippen LogP) is -0.417. The predicted molar refractivity (Wildman–Crippen MR) is 87.9 cm³/mol. The first kappa shape index (κ1) is 21.5. The van der Waals surface area contributed by atoms with E-state index in [1.165, 1.54) is 0 Å². The van der Waals surface area contributed by atoms with E-state index in [1.54, 1.807) is 0 Å². The number of anilines is 1. The van der Waals surface area contributed by atoms with Crippen LogP contribution in [-0.4, -0.2) is 38.0 Å². The number of aromatic nitrogens is 2. The molecular weight excluding hydrogens is 610 g/mol. The minimum atomic E-state index is -5.18. The van der Waals surface area contributed by atoms with Gasteiger partial charge in [0.25, 0.3) is 5.88 Å². The van der Waals surface area contributed by atoms with Crippen LogP contribution in [0.5, 0.6) is 11.6 Å². The Morgan fingerprint density at radius 1 is 0.757 bits per heavy atom. The molecule has 0 radical (unpaired) electrons. The number of nitrogens with zero attached hydrogens (tertiary/aromatic N) is 3. The van der Waals surface area contributed by atoms with Gasteiger partial charge in [0, 0.05) is 0 Å². The Hall–Kier alpha value is -1.36. The number of fused-ring (bicyclic) bond motifs is 2. The summed E-state index contributed by atoms with van der Waals surface area (Å²) >= 11 is 0. The van der Waals surface area contributed by atoms with Crippen LogP contribution in [0.15, 0.2) is 4.79 Å². The minimum absolute atomic E-state index is 0.183. The van der Waals surface area contributed by atoms with Crippen molar-refractivity contribution in [3.63, 3.8) is 0 Å². The normalized spacial score (nSPS) is 60.0. The van der Waals surface area contributed by atoms with E-state index >= 15 is 0 Å². The van der Waals surface area contributed by atoms with Gasteiger partial charge in [-0.05, 0) is 0 Å². The molecule has 4 spiro atoms. The molecule has 8 fully saturated rings. The highest BCUT2D eigenvalue weighted by Crippen LogP contribution is 2.90. The van der Waals surface area contributed by atoms with Gasteiger partial charge in [-0.15, -0.1) is 18.6 Å². The summed E-state index contributed by atoms with van der Waals surface area (Å²) in [5.41, 5.74) is -1.49. The third-order valence-electron chi connectivity index (χ3n) is 6.11. The smallest absolute Gasteiger partial charge is 0.384 e. The summed E-state index contributed by atoms with van der Waals surface area (Å²) in [4.78, 5) is 27.3. The number of rotatable bonds is 0. The first-order chi connectivity index (χ1) is 17.3. The van der Waals surface area contributed by atoms with Crippen molar-refractivity contribution >= 4 is 37.1 Å². The molecule has 14 rings (SSSR count). The van der Waals surface area contributed by atoms with Crippen LogP contribution in [-0.2, 0) is 84.4 Å². The topological polar surface area (TPSA) is 265 Å². The molecule has 1 aromatic heterocycles. The summed E-state index contributed by atoms with van der Waals surface area (Å²) in [6.45, 7) is 0. The Labute approximate surface area is 196 Å². The monoisotopic (exact) mass is 611 g/mol. The zero-order valence-corrected chi connectivity index (χ0v) is 19.8. The van der Waals surface area contributed by atoms with E-state index in [0.29, 0.717) is 0 Å². The standard InChI is InChI=1S/C9HN3O21P4/c13-4-10-2-1-3-11(4)8-6(25-37(18)30-12(2)31-37)5(22-32-34(15,19-1)20-3)7(21-8,26-35(16,24-5)27-8)9(14)28-36(17,29-9)33-23-6/h14H/t5-,6-,7-,8?,9?,34?,35?,36?/m1/s1. The summed E-state index contributed by atoms with van der Waals surface area (Å²) in [6, 6.07) is 0. The van der Waals surface area contributed by atoms with Gasteiger partial charge in [0.15, 0.2) is 0 Å². The Balaban J connectivity index is 1.44. The van der Waals surface area contributed by atoms with Crippen LogP contribution >= 0.6 is 31.3 Å². The molecule has 8 saturated heterocycles. The minimum Gasteiger partial charge on any atom is -0.384 e. The molecule has 198 valence electrons. The SMILES string of the molecule is O=c1nc2c3c4n1C15O[C@@]67OP(=O)(O1)O[C@]6(OOP(=O)(O3)O4)[C@@]5(OOP1(=O)OC7(O)O1)OP1(=O)ON2O1. The Bertz CT molecular complexity index is 1690. The average molecular weight is 611 g/mol. The summed E-state index contributed by atoms with van der Waals surface area (Å²) in [5.74, 6) is -19.8. The fourth-order valence-corrected chi connectivity index (χ4v) is 10.1. The summed E-state index contributed by atoms with van der Waals surface area (Å²) in [5, 5.41) is 11.4. The zero-order chi connectivity index (χ0) is 25.3. The molecule has 13 bridgehead atoms. The highest BCUT2D eigenvalue weighted by atomic mass is 31.2. The Kier molecular flexibility index (Phi) is 3.03. The van der Waals surface area contributed by atoms with Crippen LogP contribution in [0.25, 0.3) is 0 Å². The average Bonchev–Trinajstić information content (AvgIpc) is 3.25. The maximum Gasteiger partial charge on any atom is 0.617 e. The number of phosphoric acid groups is 4. The Morgan fingerprint density at radius 2 is 1.43 bits per heavy atom. The molecule has 1 N–H and O–H groups in total. The summed E-state index contributed by atoms with van der Waals surface area (Å²) in [7, 11) is -20.1. The fraction of sp³-hybridized carbons (Fsp3) is 0.556. The van der Waals surface area contributed by atoms with Crippen molar-refractivity contribution in [2.24, 2.45) is 0 Å². The van der Waals surface area contributed by atoms with Crippen molar-refractivity contribution in [1.29, 1.82) is 0 Å². The molecule has 28 heteroatoms. The molecule has 0 aromatic carbocycles. The van der Waals surface area contributed by atoms with Crippen molar-refractivity contribution in [2.45, 2.75) is 29.2 Å². The molecule has 0 amide bonds. The van der Waals surface area contributed by atoms with Crippen molar-refractivity contribution in [3.8, 4) is 11.6 Å².